The first-order valence-electron chi connectivity index (χ1n) is 15.2. The Labute approximate surface area is 262 Å². The van der Waals surface area contributed by atoms with Crippen molar-refractivity contribution < 1.29 is 9.52 Å². The molecule has 0 atom stereocenters. The van der Waals surface area contributed by atoms with E-state index in [0.717, 1.165) is 60.7 Å². The lowest BCUT2D eigenvalue weighted by atomic mass is 10.2. The molecule has 0 saturated carbocycles. The summed E-state index contributed by atoms with van der Waals surface area (Å²) in [4.78, 5) is 18.4. The van der Waals surface area contributed by atoms with Gasteiger partial charge in [-0.2, -0.15) is 0 Å². The predicted molar refractivity (Wildman–Crippen MR) is 183 cm³/mol. The van der Waals surface area contributed by atoms with Crippen molar-refractivity contribution in [2.24, 2.45) is 4.99 Å². The smallest absolute Gasteiger partial charge is 0.227 e. The molecule has 8 nitrogen and oxygen atoms in total. The maximum Gasteiger partial charge on any atom is 0.227 e. The van der Waals surface area contributed by atoms with Crippen LogP contribution in [0.4, 0.5) is 5.69 Å². The summed E-state index contributed by atoms with van der Waals surface area (Å²) < 4.78 is 10.6. The van der Waals surface area contributed by atoms with E-state index in [9.17, 15) is 5.11 Å². The van der Waals surface area contributed by atoms with Crippen LogP contribution in [0.1, 0.15) is 13.3 Å². The number of aromatic nitrogens is 5. The molecule has 0 aliphatic heterocycles. The van der Waals surface area contributed by atoms with Crippen LogP contribution < -0.4 is 0 Å². The number of fused-ring (bicyclic) bond motifs is 7. The zero-order chi connectivity index (χ0) is 30.8. The number of phenolic OH excluding ortho intramolecular Hbond substituents is 1. The molecule has 9 rings (SSSR count). The first-order valence-corrected chi connectivity index (χ1v) is 15.2. The Morgan fingerprint density at radius 2 is 1.41 bits per heavy atom. The minimum absolute atomic E-state index is 0.0488. The number of para-hydroxylation sites is 2. The summed E-state index contributed by atoms with van der Waals surface area (Å²) in [7, 11) is 0. The number of hydrogen-bond acceptors (Lipinski definition) is 6. The van der Waals surface area contributed by atoms with Crippen LogP contribution in [0.15, 0.2) is 131 Å². The Bertz CT molecular complexity index is 2550. The van der Waals surface area contributed by atoms with Crippen molar-refractivity contribution in [2.75, 3.05) is 0 Å². The van der Waals surface area contributed by atoms with E-state index in [1.165, 1.54) is 0 Å². The molecule has 0 bridgehead atoms. The van der Waals surface area contributed by atoms with Gasteiger partial charge in [0.2, 0.25) is 5.89 Å². The summed E-state index contributed by atoms with van der Waals surface area (Å²) in [5, 5.41) is 15.6. The van der Waals surface area contributed by atoms with Gasteiger partial charge in [0.1, 0.15) is 22.8 Å². The summed E-state index contributed by atoms with van der Waals surface area (Å²) in [5.74, 6) is 1.29. The molecule has 0 saturated heterocycles. The van der Waals surface area contributed by atoms with Crippen LogP contribution in [-0.2, 0) is 0 Å². The van der Waals surface area contributed by atoms with Gasteiger partial charge in [-0.3, -0.25) is 14.5 Å². The van der Waals surface area contributed by atoms with Crippen molar-refractivity contribution in [3.8, 4) is 22.9 Å². The maximum atomic E-state index is 11.2. The van der Waals surface area contributed by atoms with E-state index in [2.05, 4.69) is 50.3 Å². The summed E-state index contributed by atoms with van der Waals surface area (Å²) in [5.41, 5.74) is 7.73. The van der Waals surface area contributed by atoms with Crippen LogP contribution in [0, 0.1) is 0 Å². The monoisotopic (exact) mass is 598 g/mol. The fraction of sp³-hybridized carbons (Fsp3) is 0.0526. The molecule has 0 unspecified atom stereocenters. The molecule has 8 heteroatoms. The number of nitrogens with zero attached hydrogens (tertiary/aromatic N) is 6. The van der Waals surface area contributed by atoms with E-state index >= 15 is 0 Å². The molecule has 0 spiro atoms. The molecule has 0 aliphatic rings. The molecular formula is C38H26N6O2. The van der Waals surface area contributed by atoms with Gasteiger partial charge in [0.05, 0.1) is 27.8 Å². The van der Waals surface area contributed by atoms with Gasteiger partial charge in [-0.25, -0.2) is 9.98 Å². The average molecular weight is 599 g/mol. The highest BCUT2D eigenvalue weighted by atomic mass is 16.3. The summed E-state index contributed by atoms with van der Waals surface area (Å²) in [6, 6.07) is 31.9. The second kappa shape index (κ2) is 10.1. The number of benzene rings is 4. The number of aromatic hydroxyl groups is 1. The molecule has 0 amide bonds. The van der Waals surface area contributed by atoms with Crippen LogP contribution in [0.2, 0.25) is 0 Å². The Morgan fingerprint density at radius 3 is 2.20 bits per heavy atom. The van der Waals surface area contributed by atoms with E-state index in [-0.39, 0.29) is 5.75 Å². The molecule has 5 aromatic heterocycles. The van der Waals surface area contributed by atoms with Crippen LogP contribution >= 0.6 is 0 Å². The highest BCUT2D eigenvalue weighted by Crippen LogP contribution is 2.36. The lowest BCUT2D eigenvalue weighted by molar-refractivity contribution is 0.476. The Morgan fingerprint density at radius 1 is 0.739 bits per heavy atom. The number of aliphatic imine (C=N–C) groups is 1. The van der Waals surface area contributed by atoms with Crippen LogP contribution in [0.3, 0.4) is 0 Å². The Kier molecular flexibility index (Phi) is 5.76. The van der Waals surface area contributed by atoms with Crippen LogP contribution in [-0.4, -0.2) is 35.0 Å². The molecular weight excluding hydrogens is 572 g/mol. The first-order chi connectivity index (χ1) is 22.7. The van der Waals surface area contributed by atoms with Gasteiger partial charge in [-0.15, -0.1) is 0 Å². The normalized spacial score (nSPS) is 12.3. The fourth-order valence-corrected chi connectivity index (χ4v) is 6.54. The fourth-order valence-electron chi connectivity index (χ4n) is 6.54. The molecule has 46 heavy (non-hydrogen) atoms. The zero-order valence-electron chi connectivity index (χ0n) is 24.8. The van der Waals surface area contributed by atoms with Crippen molar-refractivity contribution in [3.63, 3.8) is 0 Å². The maximum absolute atomic E-state index is 11.2. The molecule has 0 aliphatic carbocycles. The summed E-state index contributed by atoms with van der Waals surface area (Å²) in [6.07, 6.45) is 8.06. The third-order valence-corrected chi connectivity index (χ3v) is 8.62. The highest BCUT2D eigenvalue weighted by Gasteiger charge is 2.17. The predicted octanol–water partition coefficient (Wildman–Crippen LogP) is 9.18. The Balaban J connectivity index is 1.11. The van der Waals surface area contributed by atoms with Gasteiger partial charge in [0.15, 0.2) is 5.58 Å². The highest BCUT2D eigenvalue weighted by molar-refractivity contribution is 6.14. The SMILES string of the molecule is CC/C(=N\c1ccc(-c2nc3ccc(-n4c5ccccc5c5cnccc54)cc3o2)cc1O)n1c2ccccc2c2cnccc21. The minimum atomic E-state index is 0.0488. The first kappa shape index (κ1) is 26.2. The topological polar surface area (TPSA) is 94.3 Å². The van der Waals surface area contributed by atoms with Crippen LogP contribution in [0.5, 0.6) is 5.75 Å². The van der Waals surface area contributed by atoms with Gasteiger partial charge in [-0.1, -0.05) is 43.3 Å². The number of hydrogen-bond donors (Lipinski definition) is 1. The number of rotatable bonds is 4. The third kappa shape index (κ3) is 3.93. The second-order valence-corrected chi connectivity index (χ2v) is 11.2. The quantitative estimate of drug-likeness (QED) is 0.161. The van der Waals surface area contributed by atoms with E-state index in [0.29, 0.717) is 29.1 Å². The van der Waals surface area contributed by atoms with Crippen molar-refractivity contribution in [1.82, 2.24) is 24.1 Å². The summed E-state index contributed by atoms with van der Waals surface area (Å²) in [6.45, 7) is 2.06. The molecule has 1 N–H and O–H groups in total. The van der Waals surface area contributed by atoms with E-state index in [1.807, 2.05) is 85.3 Å². The molecule has 9 aromatic rings. The summed E-state index contributed by atoms with van der Waals surface area (Å²) >= 11 is 0. The van der Waals surface area contributed by atoms with Gasteiger partial charge in [0.25, 0.3) is 0 Å². The van der Waals surface area contributed by atoms with Crippen molar-refractivity contribution in [2.45, 2.75) is 13.3 Å². The number of oxazole rings is 1. The van der Waals surface area contributed by atoms with E-state index in [4.69, 9.17) is 14.4 Å². The van der Waals surface area contributed by atoms with E-state index < -0.39 is 0 Å². The van der Waals surface area contributed by atoms with E-state index in [1.54, 1.807) is 12.3 Å². The van der Waals surface area contributed by atoms with Crippen molar-refractivity contribution in [1.29, 1.82) is 0 Å². The van der Waals surface area contributed by atoms with Gasteiger partial charge in [-0.05, 0) is 54.6 Å². The van der Waals surface area contributed by atoms with Crippen molar-refractivity contribution >= 4 is 66.2 Å². The molecule has 0 fully saturated rings. The number of pyridine rings is 2. The third-order valence-electron chi connectivity index (χ3n) is 8.62. The van der Waals surface area contributed by atoms with Gasteiger partial charge < -0.3 is 14.1 Å². The Hall–Kier alpha value is -6.28. The largest absolute Gasteiger partial charge is 0.506 e. The molecule has 5 heterocycles. The van der Waals surface area contributed by atoms with Gasteiger partial charge in [0, 0.05) is 64.4 Å². The zero-order valence-corrected chi connectivity index (χ0v) is 24.8. The molecule has 4 aromatic carbocycles. The molecule has 0 radical (unpaired) electrons. The van der Waals surface area contributed by atoms with Gasteiger partial charge >= 0.3 is 0 Å². The standard InChI is InChI=1S/C38H26N6O2/c1-2-37(44-32-10-6-4-8-26(32)28-22-40-18-16-34(28)44)41-29-13-11-23(19-35(29)45)38-42-30-14-12-24(20-36(30)46-38)43-31-9-5-3-7-25(31)27-21-39-17-15-33(27)43/h3-22,45H,2H2,1H3/b41-37+. The minimum Gasteiger partial charge on any atom is -0.506 e. The lowest BCUT2D eigenvalue weighted by Crippen LogP contribution is -2.10. The second-order valence-electron chi connectivity index (χ2n) is 11.2. The molecule has 220 valence electrons. The number of phenols is 1. The average Bonchev–Trinajstić information content (AvgIpc) is 3.78. The lowest BCUT2D eigenvalue weighted by Gasteiger charge is -2.10. The van der Waals surface area contributed by atoms with Crippen LogP contribution in [0.25, 0.3) is 71.9 Å². The van der Waals surface area contributed by atoms with Crippen molar-refractivity contribution in [3.05, 3.63) is 122 Å².